The number of hydrogen-bond acceptors (Lipinski definition) is 5. The van der Waals surface area contributed by atoms with Crippen LogP contribution in [-0.4, -0.2) is 63.2 Å². The highest BCUT2D eigenvalue weighted by Crippen LogP contribution is 2.06. The standard InChI is InChI=1S/C11H22N2O4/c1-16-7-9(6-14)13-11(15)8-17-10-2-4-12-5-3-10/h9-10,12,14H,2-8H2,1H3,(H,13,15). The van der Waals surface area contributed by atoms with Gasteiger partial charge in [0.1, 0.15) is 6.61 Å². The van der Waals surface area contributed by atoms with Gasteiger partial charge in [-0.25, -0.2) is 0 Å². The van der Waals surface area contributed by atoms with E-state index in [0.29, 0.717) is 6.61 Å². The number of aliphatic hydroxyl groups is 1. The molecule has 1 unspecified atom stereocenters. The van der Waals surface area contributed by atoms with Crippen molar-refractivity contribution in [1.82, 2.24) is 10.6 Å². The summed E-state index contributed by atoms with van der Waals surface area (Å²) in [5.41, 5.74) is 0. The number of nitrogens with one attached hydrogen (secondary N) is 2. The second kappa shape index (κ2) is 8.41. The average Bonchev–Trinajstić information content (AvgIpc) is 2.37. The quantitative estimate of drug-likeness (QED) is 0.530. The first-order valence-corrected chi connectivity index (χ1v) is 5.97. The highest BCUT2D eigenvalue weighted by molar-refractivity contribution is 5.77. The maximum atomic E-state index is 11.5. The van der Waals surface area contributed by atoms with Crippen LogP contribution in [0.3, 0.4) is 0 Å². The Labute approximate surface area is 102 Å². The monoisotopic (exact) mass is 246 g/mol. The van der Waals surface area contributed by atoms with E-state index < -0.39 is 0 Å². The summed E-state index contributed by atoms with van der Waals surface area (Å²) < 4.78 is 10.4. The molecule has 1 aliphatic rings. The molecule has 0 aromatic heterocycles. The summed E-state index contributed by atoms with van der Waals surface area (Å²) in [6.07, 6.45) is 2.04. The van der Waals surface area contributed by atoms with Crippen molar-refractivity contribution < 1.29 is 19.4 Å². The fourth-order valence-corrected chi connectivity index (χ4v) is 1.77. The number of ether oxygens (including phenoxy) is 2. The van der Waals surface area contributed by atoms with Gasteiger partial charge in [-0.15, -0.1) is 0 Å². The van der Waals surface area contributed by atoms with Crippen LogP contribution >= 0.6 is 0 Å². The Morgan fingerprint density at radius 1 is 1.53 bits per heavy atom. The molecule has 1 fully saturated rings. The fourth-order valence-electron chi connectivity index (χ4n) is 1.77. The van der Waals surface area contributed by atoms with E-state index in [2.05, 4.69) is 10.6 Å². The summed E-state index contributed by atoms with van der Waals surface area (Å²) in [5, 5.41) is 14.9. The van der Waals surface area contributed by atoms with Crippen LogP contribution < -0.4 is 10.6 Å². The summed E-state index contributed by atoms with van der Waals surface area (Å²) in [6, 6.07) is -0.357. The number of piperidine rings is 1. The van der Waals surface area contributed by atoms with Crippen molar-refractivity contribution in [1.29, 1.82) is 0 Å². The number of rotatable bonds is 7. The van der Waals surface area contributed by atoms with Crippen LogP contribution in [-0.2, 0) is 14.3 Å². The third-order valence-corrected chi connectivity index (χ3v) is 2.69. The van der Waals surface area contributed by atoms with Crippen molar-refractivity contribution in [3.8, 4) is 0 Å². The van der Waals surface area contributed by atoms with Crippen molar-refractivity contribution in [2.75, 3.05) is 40.0 Å². The molecule has 0 bridgehead atoms. The number of carbonyl (C=O) groups is 1. The molecule has 1 rings (SSSR count). The van der Waals surface area contributed by atoms with E-state index in [1.165, 1.54) is 7.11 Å². The molecule has 100 valence electrons. The molecule has 6 nitrogen and oxygen atoms in total. The van der Waals surface area contributed by atoms with E-state index in [-0.39, 0.29) is 31.3 Å². The Bertz CT molecular complexity index is 220. The van der Waals surface area contributed by atoms with Gasteiger partial charge in [0.05, 0.1) is 25.4 Å². The summed E-state index contributed by atoms with van der Waals surface area (Å²) in [5.74, 6) is -0.209. The molecule has 3 N–H and O–H groups in total. The Hall–Kier alpha value is -0.690. The van der Waals surface area contributed by atoms with Gasteiger partial charge in [-0.3, -0.25) is 4.79 Å². The highest BCUT2D eigenvalue weighted by Gasteiger charge is 2.16. The highest BCUT2D eigenvalue weighted by atomic mass is 16.5. The van der Waals surface area contributed by atoms with Gasteiger partial charge in [0.15, 0.2) is 0 Å². The smallest absolute Gasteiger partial charge is 0.246 e. The van der Waals surface area contributed by atoms with Gasteiger partial charge in [0.2, 0.25) is 5.91 Å². The fraction of sp³-hybridized carbons (Fsp3) is 0.909. The molecule has 1 atom stereocenters. The largest absolute Gasteiger partial charge is 0.394 e. The summed E-state index contributed by atoms with van der Waals surface area (Å²) in [7, 11) is 1.53. The Kier molecular flexibility index (Phi) is 7.11. The van der Waals surface area contributed by atoms with E-state index in [1.54, 1.807) is 0 Å². The molecule has 17 heavy (non-hydrogen) atoms. The molecule has 0 aromatic rings. The molecule has 0 aromatic carbocycles. The van der Waals surface area contributed by atoms with Gasteiger partial charge in [-0.2, -0.15) is 0 Å². The van der Waals surface area contributed by atoms with Gasteiger partial charge < -0.3 is 25.2 Å². The molecular formula is C11H22N2O4. The topological polar surface area (TPSA) is 79.8 Å². The lowest BCUT2D eigenvalue weighted by Crippen LogP contribution is -2.43. The average molecular weight is 246 g/mol. The minimum absolute atomic E-state index is 0.0465. The van der Waals surface area contributed by atoms with Crippen LogP contribution in [0.15, 0.2) is 0 Å². The van der Waals surface area contributed by atoms with E-state index in [4.69, 9.17) is 14.6 Å². The van der Waals surface area contributed by atoms with Crippen LogP contribution in [0.4, 0.5) is 0 Å². The van der Waals surface area contributed by atoms with E-state index >= 15 is 0 Å². The van der Waals surface area contributed by atoms with Crippen LogP contribution in [0.2, 0.25) is 0 Å². The zero-order valence-corrected chi connectivity index (χ0v) is 10.3. The second-order valence-corrected chi connectivity index (χ2v) is 4.16. The number of carbonyl (C=O) groups excluding carboxylic acids is 1. The number of amides is 1. The first-order valence-electron chi connectivity index (χ1n) is 5.97. The minimum atomic E-state index is -0.357. The van der Waals surface area contributed by atoms with E-state index in [1.807, 2.05) is 0 Å². The van der Waals surface area contributed by atoms with Crippen LogP contribution in [0.25, 0.3) is 0 Å². The third-order valence-electron chi connectivity index (χ3n) is 2.69. The van der Waals surface area contributed by atoms with Crippen LogP contribution in [0.1, 0.15) is 12.8 Å². The predicted octanol–water partition coefficient (Wildman–Crippen LogP) is -1.12. The van der Waals surface area contributed by atoms with E-state index in [9.17, 15) is 4.79 Å². The van der Waals surface area contributed by atoms with Gasteiger partial charge >= 0.3 is 0 Å². The van der Waals surface area contributed by atoms with Gasteiger partial charge in [-0.05, 0) is 25.9 Å². The first-order chi connectivity index (χ1) is 8.26. The molecule has 6 heteroatoms. The zero-order chi connectivity index (χ0) is 12.5. The summed E-state index contributed by atoms with van der Waals surface area (Å²) in [6.45, 7) is 2.10. The van der Waals surface area contributed by atoms with Gasteiger partial charge in [-0.1, -0.05) is 0 Å². The summed E-state index contributed by atoms with van der Waals surface area (Å²) >= 11 is 0. The zero-order valence-electron chi connectivity index (χ0n) is 10.3. The molecular weight excluding hydrogens is 224 g/mol. The van der Waals surface area contributed by atoms with Crippen LogP contribution in [0.5, 0.6) is 0 Å². The molecule has 0 spiro atoms. The minimum Gasteiger partial charge on any atom is -0.394 e. The lowest BCUT2D eigenvalue weighted by molar-refractivity contribution is -0.129. The molecule has 0 aliphatic carbocycles. The van der Waals surface area contributed by atoms with Crippen molar-refractivity contribution >= 4 is 5.91 Å². The van der Waals surface area contributed by atoms with Crippen molar-refractivity contribution in [2.24, 2.45) is 0 Å². The molecule has 1 heterocycles. The lowest BCUT2D eigenvalue weighted by Gasteiger charge is -2.23. The Balaban J connectivity index is 2.14. The van der Waals surface area contributed by atoms with Crippen molar-refractivity contribution in [3.05, 3.63) is 0 Å². The number of methoxy groups -OCH3 is 1. The second-order valence-electron chi connectivity index (χ2n) is 4.16. The normalized spacial score (nSPS) is 18.9. The van der Waals surface area contributed by atoms with Crippen molar-refractivity contribution in [2.45, 2.75) is 25.0 Å². The van der Waals surface area contributed by atoms with Crippen LogP contribution in [0, 0.1) is 0 Å². The maximum Gasteiger partial charge on any atom is 0.246 e. The Morgan fingerprint density at radius 2 is 2.24 bits per heavy atom. The molecule has 0 saturated carbocycles. The van der Waals surface area contributed by atoms with Gasteiger partial charge in [0.25, 0.3) is 0 Å². The lowest BCUT2D eigenvalue weighted by atomic mass is 10.1. The van der Waals surface area contributed by atoms with Gasteiger partial charge in [0, 0.05) is 7.11 Å². The molecule has 1 aliphatic heterocycles. The molecule has 1 amide bonds. The SMILES string of the molecule is COCC(CO)NC(=O)COC1CCNCC1. The third kappa shape index (κ3) is 5.97. The maximum absolute atomic E-state index is 11.5. The Morgan fingerprint density at radius 3 is 2.82 bits per heavy atom. The molecule has 1 saturated heterocycles. The van der Waals surface area contributed by atoms with E-state index in [0.717, 1.165) is 25.9 Å². The van der Waals surface area contributed by atoms with Crippen molar-refractivity contribution in [3.63, 3.8) is 0 Å². The molecule has 0 radical (unpaired) electrons. The summed E-state index contributed by atoms with van der Waals surface area (Å²) in [4.78, 5) is 11.5. The number of hydrogen-bond donors (Lipinski definition) is 3. The first kappa shape index (κ1) is 14.4. The predicted molar refractivity (Wildman–Crippen MR) is 62.7 cm³/mol. The number of aliphatic hydroxyl groups excluding tert-OH is 1.